The molecule has 2 saturated heterocycles. The smallest absolute Gasteiger partial charge is 0.403 e. The van der Waals surface area contributed by atoms with E-state index in [1.54, 1.807) is 12.1 Å². The first-order valence-electron chi connectivity index (χ1n) is 17.1. The Labute approximate surface area is 287 Å². The number of nitrogens with one attached hydrogen (secondary N) is 1. The molecule has 7 nitrogen and oxygen atoms in total. The van der Waals surface area contributed by atoms with E-state index in [0.717, 1.165) is 52.5 Å². The van der Waals surface area contributed by atoms with Crippen LogP contribution >= 0.6 is 0 Å². The number of aliphatic carboxylic acids is 1. The lowest BCUT2D eigenvalue weighted by molar-refractivity contribution is -0.233. The van der Waals surface area contributed by atoms with Gasteiger partial charge in [0.15, 0.2) is 0 Å². The van der Waals surface area contributed by atoms with E-state index in [1.165, 1.54) is 17.7 Å². The van der Waals surface area contributed by atoms with Gasteiger partial charge in [-0.1, -0.05) is 67.6 Å². The van der Waals surface area contributed by atoms with Gasteiger partial charge in [-0.05, 0) is 79.0 Å². The van der Waals surface area contributed by atoms with E-state index in [2.05, 4.69) is 23.2 Å². The van der Waals surface area contributed by atoms with Crippen molar-refractivity contribution in [3.8, 4) is 11.3 Å². The lowest BCUT2D eigenvalue weighted by Crippen LogP contribution is -2.59. The summed E-state index contributed by atoms with van der Waals surface area (Å²) >= 11 is 0. The minimum absolute atomic E-state index is 0.269. The fraction of sp³-hybridized carbons (Fsp3) is 0.447. The molecule has 2 atom stereocenters. The molecule has 0 saturated carbocycles. The number of rotatable bonds is 11. The number of benzene rings is 3. The van der Waals surface area contributed by atoms with Gasteiger partial charge in [-0.15, -0.1) is 0 Å². The van der Waals surface area contributed by atoms with Crippen molar-refractivity contribution in [1.82, 2.24) is 20.1 Å². The molecule has 12 heteroatoms. The zero-order valence-corrected chi connectivity index (χ0v) is 27.9. The number of carbonyl (C=O) groups excluding carboxylic acids is 1. The van der Waals surface area contributed by atoms with Crippen LogP contribution < -0.4 is 5.32 Å². The highest BCUT2D eigenvalue weighted by atomic mass is 19.4. The largest absolute Gasteiger partial charge is 0.480 e. The number of pyridine rings is 1. The molecular weight excluding hydrogens is 655 g/mol. The van der Waals surface area contributed by atoms with Crippen LogP contribution in [0, 0.1) is 5.41 Å². The molecule has 3 heterocycles. The van der Waals surface area contributed by atoms with Gasteiger partial charge in [0.2, 0.25) is 5.91 Å². The summed E-state index contributed by atoms with van der Waals surface area (Å²) < 4.78 is 69.0. The maximum atomic E-state index is 14.4. The van der Waals surface area contributed by atoms with Crippen LogP contribution in [-0.4, -0.2) is 82.6 Å². The molecule has 2 aliphatic rings. The minimum Gasteiger partial charge on any atom is -0.480 e. The van der Waals surface area contributed by atoms with Gasteiger partial charge in [-0.2, -0.15) is 13.2 Å². The van der Waals surface area contributed by atoms with Crippen LogP contribution in [0.5, 0.6) is 0 Å². The molecule has 0 radical (unpaired) electrons. The van der Waals surface area contributed by atoms with Crippen molar-refractivity contribution in [2.75, 3.05) is 26.2 Å². The number of likely N-dealkylation sites (tertiary alicyclic amines) is 2. The molecule has 4 aromatic rings. The van der Waals surface area contributed by atoms with Gasteiger partial charge in [0.25, 0.3) is 6.43 Å². The molecular formula is C38H41F5N4O3. The maximum Gasteiger partial charge on any atom is 0.403 e. The predicted molar refractivity (Wildman–Crippen MR) is 182 cm³/mol. The first kappa shape index (κ1) is 35.7. The number of alkyl halides is 5. The van der Waals surface area contributed by atoms with E-state index in [1.807, 2.05) is 48.7 Å². The number of carbonyl (C=O) groups is 2. The fourth-order valence-electron chi connectivity index (χ4n) is 7.80. The van der Waals surface area contributed by atoms with Crippen molar-refractivity contribution in [2.24, 2.45) is 5.41 Å². The average molecular weight is 697 g/mol. The molecule has 0 bridgehead atoms. The van der Waals surface area contributed by atoms with Crippen molar-refractivity contribution >= 4 is 33.4 Å². The standard InChI is InChI=1S/C38H41F5N4O3/c1-2-26-9-7-17-47(26)22-25-21-44-34(30-11-4-3-10-28(25)30)31-14-6-12-27-24(8-5-13-29(27)31)20-32(35(48)49)45-36(50)37(38(41,42)43)15-18-46(19-16-37)23-33(39)40/h3-6,8,10-14,21,26,32-33H,2,7,9,15-20,22-23H2,1H3,(H,45,50)(H,48,49)/t26-,32+/m1/s1. The number of piperidine rings is 1. The van der Waals surface area contributed by atoms with Crippen LogP contribution in [0.2, 0.25) is 0 Å². The number of hydrogen-bond donors (Lipinski definition) is 2. The zero-order chi connectivity index (χ0) is 35.6. The van der Waals surface area contributed by atoms with Gasteiger partial charge in [-0.25, -0.2) is 13.6 Å². The van der Waals surface area contributed by atoms with Gasteiger partial charge < -0.3 is 10.4 Å². The second kappa shape index (κ2) is 14.6. The summed E-state index contributed by atoms with van der Waals surface area (Å²) in [5.74, 6) is -2.93. The lowest BCUT2D eigenvalue weighted by atomic mass is 9.76. The topological polar surface area (TPSA) is 85.8 Å². The van der Waals surface area contributed by atoms with Gasteiger partial charge in [0, 0.05) is 36.2 Å². The molecule has 266 valence electrons. The van der Waals surface area contributed by atoms with Crippen molar-refractivity contribution < 1.29 is 36.6 Å². The molecule has 1 aromatic heterocycles. The van der Waals surface area contributed by atoms with Crippen LogP contribution in [0.4, 0.5) is 22.0 Å². The van der Waals surface area contributed by atoms with Crippen molar-refractivity contribution in [1.29, 1.82) is 0 Å². The Kier molecular flexibility index (Phi) is 10.4. The summed E-state index contributed by atoms with van der Waals surface area (Å²) in [6, 6.07) is 17.9. The Balaban J connectivity index is 1.29. The van der Waals surface area contributed by atoms with Crippen LogP contribution in [0.15, 0.2) is 66.9 Å². The molecule has 2 N–H and O–H groups in total. The SMILES string of the molecule is CC[C@@H]1CCCN1Cc1cnc(-c2cccc3c(C[C@H](NC(=O)C4(C(F)(F)F)CCN(CC(F)F)CC4)C(=O)O)cccc23)c2ccccc12. The van der Waals surface area contributed by atoms with E-state index in [0.29, 0.717) is 17.0 Å². The van der Waals surface area contributed by atoms with E-state index in [4.69, 9.17) is 4.98 Å². The Morgan fingerprint density at radius 2 is 1.60 bits per heavy atom. The molecule has 1 amide bonds. The quantitative estimate of drug-likeness (QED) is 0.159. The molecule has 50 heavy (non-hydrogen) atoms. The van der Waals surface area contributed by atoms with Crippen molar-refractivity contribution in [2.45, 2.75) is 76.7 Å². The van der Waals surface area contributed by atoms with Crippen LogP contribution in [0.3, 0.4) is 0 Å². The van der Waals surface area contributed by atoms with E-state index in [9.17, 15) is 36.6 Å². The molecule has 6 rings (SSSR count). The summed E-state index contributed by atoms with van der Waals surface area (Å²) in [6.45, 7) is 2.66. The number of nitrogens with zero attached hydrogens (tertiary/aromatic N) is 3. The molecule has 0 aliphatic carbocycles. The molecule has 0 unspecified atom stereocenters. The van der Waals surface area contributed by atoms with Crippen LogP contribution in [0.25, 0.3) is 32.8 Å². The third-order valence-corrected chi connectivity index (χ3v) is 10.6. The first-order valence-corrected chi connectivity index (χ1v) is 17.1. The van der Waals surface area contributed by atoms with Crippen LogP contribution in [0.1, 0.15) is 50.2 Å². The number of fused-ring (bicyclic) bond motifs is 2. The second-order valence-electron chi connectivity index (χ2n) is 13.5. The predicted octanol–water partition coefficient (Wildman–Crippen LogP) is 7.45. The van der Waals surface area contributed by atoms with E-state index in [-0.39, 0.29) is 19.5 Å². The number of aromatic nitrogens is 1. The molecule has 0 spiro atoms. The van der Waals surface area contributed by atoms with Gasteiger partial charge in [-0.3, -0.25) is 19.6 Å². The summed E-state index contributed by atoms with van der Waals surface area (Å²) in [5, 5.41) is 15.8. The number of carboxylic acids is 1. The maximum absolute atomic E-state index is 14.4. The van der Waals surface area contributed by atoms with E-state index >= 15 is 0 Å². The normalized spacial score (nSPS) is 19.3. The monoisotopic (exact) mass is 696 g/mol. The van der Waals surface area contributed by atoms with Crippen molar-refractivity contribution in [3.05, 3.63) is 78.0 Å². The minimum atomic E-state index is -5.00. The zero-order valence-electron chi connectivity index (χ0n) is 27.9. The Hall–Kier alpha value is -4.16. The number of hydrogen-bond acceptors (Lipinski definition) is 5. The number of halogens is 5. The Bertz CT molecular complexity index is 1860. The Morgan fingerprint density at radius 3 is 2.28 bits per heavy atom. The second-order valence-corrected chi connectivity index (χ2v) is 13.5. The molecule has 3 aromatic carbocycles. The van der Waals surface area contributed by atoms with Crippen molar-refractivity contribution in [3.63, 3.8) is 0 Å². The lowest BCUT2D eigenvalue weighted by Gasteiger charge is -2.41. The number of amides is 1. The third-order valence-electron chi connectivity index (χ3n) is 10.6. The van der Waals surface area contributed by atoms with E-state index < -0.39 is 55.3 Å². The number of carboxylic acid groups (broad SMARTS) is 1. The first-order chi connectivity index (χ1) is 23.9. The summed E-state index contributed by atoms with van der Waals surface area (Å²) in [4.78, 5) is 34.4. The highest BCUT2D eigenvalue weighted by molar-refractivity contribution is 6.05. The highest BCUT2D eigenvalue weighted by Crippen LogP contribution is 2.47. The third kappa shape index (κ3) is 7.05. The van der Waals surface area contributed by atoms with Gasteiger partial charge >= 0.3 is 12.1 Å². The molecule has 2 fully saturated rings. The van der Waals surface area contributed by atoms with Gasteiger partial charge in [0.1, 0.15) is 11.5 Å². The Morgan fingerprint density at radius 1 is 0.940 bits per heavy atom. The highest BCUT2D eigenvalue weighted by Gasteiger charge is 2.61. The summed E-state index contributed by atoms with van der Waals surface area (Å²) in [5.41, 5.74) is 0.375. The van der Waals surface area contributed by atoms with Gasteiger partial charge in [0.05, 0.1) is 12.2 Å². The summed E-state index contributed by atoms with van der Waals surface area (Å²) in [7, 11) is 0. The average Bonchev–Trinajstić information content (AvgIpc) is 3.54. The van der Waals surface area contributed by atoms with Crippen LogP contribution in [-0.2, 0) is 22.6 Å². The summed E-state index contributed by atoms with van der Waals surface area (Å²) in [6.07, 6.45) is -4.07. The fourth-order valence-corrected chi connectivity index (χ4v) is 7.80. The molecule has 2 aliphatic heterocycles.